The molecule has 0 aliphatic carbocycles. The predicted octanol–water partition coefficient (Wildman–Crippen LogP) is 4.19. The number of halogens is 3. The lowest BCUT2D eigenvalue weighted by atomic mass is 10.1. The molecular formula is C11H6Cl2FN. The van der Waals surface area contributed by atoms with Crippen LogP contribution in [0, 0.1) is 5.82 Å². The molecule has 1 nitrogen and oxygen atoms in total. The topological polar surface area (TPSA) is 12.9 Å². The predicted molar refractivity (Wildman–Crippen MR) is 59.7 cm³/mol. The van der Waals surface area contributed by atoms with Crippen LogP contribution in [0.1, 0.15) is 0 Å². The molecule has 0 aliphatic rings. The number of pyridine rings is 1. The Morgan fingerprint density at radius 3 is 2.33 bits per heavy atom. The first kappa shape index (κ1) is 10.4. The van der Waals surface area contributed by atoms with Gasteiger partial charge in [0.25, 0.3) is 0 Å². The van der Waals surface area contributed by atoms with Crippen LogP contribution >= 0.6 is 23.2 Å². The van der Waals surface area contributed by atoms with Crippen molar-refractivity contribution in [1.29, 1.82) is 0 Å². The van der Waals surface area contributed by atoms with Crippen LogP contribution in [0.3, 0.4) is 0 Å². The highest BCUT2D eigenvalue weighted by molar-refractivity contribution is 6.34. The number of nitrogens with zero attached hydrogens (tertiary/aromatic N) is 1. The average molecular weight is 242 g/mol. The summed E-state index contributed by atoms with van der Waals surface area (Å²) in [6.07, 6.45) is 0. The van der Waals surface area contributed by atoms with Gasteiger partial charge in [0.2, 0.25) is 0 Å². The maximum absolute atomic E-state index is 13.4. The molecule has 0 amide bonds. The molecule has 0 fully saturated rings. The molecule has 0 saturated carbocycles. The zero-order valence-electron chi connectivity index (χ0n) is 7.55. The highest BCUT2D eigenvalue weighted by Gasteiger charge is 2.09. The van der Waals surface area contributed by atoms with E-state index < -0.39 is 0 Å². The van der Waals surface area contributed by atoms with E-state index in [0.717, 1.165) is 0 Å². The van der Waals surface area contributed by atoms with Gasteiger partial charge >= 0.3 is 0 Å². The van der Waals surface area contributed by atoms with E-state index in [1.807, 2.05) is 0 Å². The molecule has 0 unspecified atom stereocenters. The molecule has 2 aromatic rings. The Kier molecular flexibility index (Phi) is 2.89. The third kappa shape index (κ3) is 2.11. The molecule has 0 aliphatic heterocycles. The lowest BCUT2D eigenvalue weighted by Crippen LogP contribution is -1.87. The highest BCUT2D eigenvalue weighted by atomic mass is 35.5. The van der Waals surface area contributed by atoms with Gasteiger partial charge in [-0.3, -0.25) is 0 Å². The van der Waals surface area contributed by atoms with Gasteiger partial charge in [-0.25, -0.2) is 9.37 Å². The van der Waals surface area contributed by atoms with Crippen molar-refractivity contribution in [1.82, 2.24) is 4.98 Å². The van der Waals surface area contributed by atoms with Crippen LogP contribution in [-0.2, 0) is 0 Å². The van der Waals surface area contributed by atoms with Gasteiger partial charge in [-0.1, -0.05) is 41.4 Å². The van der Waals surface area contributed by atoms with Crippen LogP contribution in [0.2, 0.25) is 10.3 Å². The number of rotatable bonds is 1. The van der Waals surface area contributed by atoms with Gasteiger partial charge in [0.1, 0.15) is 16.1 Å². The highest BCUT2D eigenvalue weighted by Crippen LogP contribution is 2.29. The first-order valence-electron chi connectivity index (χ1n) is 4.25. The summed E-state index contributed by atoms with van der Waals surface area (Å²) in [6.45, 7) is 0. The molecule has 0 atom stereocenters. The van der Waals surface area contributed by atoms with Crippen molar-refractivity contribution in [3.05, 3.63) is 52.5 Å². The van der Waals surface area contributed by atoms with Crippen molar-refractivity contribution >= 4 is 23.2 Å². The van der Waals surface area contributed by atoms with Crippen LogP contribution in [0.15, 0.2) is 36.4 Å². The molecule has 1 aromatic carbocycles. The van der Waals surface area contributed by atoms with Crippen molar-refractivity contribution in [2.75, 3.05) is 0 Å². The standard InChI is InChI=1S/C11H6Cl2FN/c12-10-6-5-8(11(13)15-10)7-3-1-2-4-9(7)14/h1-6H. The third-order valence-electron chi connectivity index (χ3n) is 1.98. The van der Waals surface area contributed by atoms with Gasteiger partial charge in [0, 0.05) is 11.1 Å². The van der Waals surface area contributed by atoms with Gasteiger partial charge in [-0.15, -0.1) is 0 Å². The summed E-state index contributed by atoms with van der Waals surface area (Å²) in [5.41, 5.74) is 0.964. The van der Waals surface area contributed by atoms with Gasteiger partial charge < -0.3 is 0 Å². The minimum Gasteiger partial charge on any atom is -0.224 e. The number of hydrogen-bond donors (Lipinski definition) is 0. The van der Waals surface area contributed by atoms with Crippen LogP contribution in [0.25, 0.3) is 11.1 Å². The van der Waals surface area contributed by atoms with E-state index in [1.165, 1.54) is 6.07 Å². The lowest BCUT2D eigenvalue weighted by molar-refractivity contribution is 0.631. The molecule has 4 heteroatoms. The molecule has 0 saturated heterocycles. The quantitative estimate of drug-likeness (QED) is 0.683. The third-order valence-corrected chi connectivity index (χ3v) is 2.48. The first-order valence-corrected chi connectivity index (χ1v) is 5.01. The van der Waals surface area contributed by atoms with E-state index in [9.17, 15) is 4.39 Å². The van der Waals surface area contributed by atoms with Crippen molar-refractivity contribution in [2.24, 2.45) is 0 Å². The average Bonchev–Trinajstić information content (AvgIpc) is 2.20. The lowest BCUT2D eigenvalue weighted by Gasteiger charge is -2.04. The van der Waals surface area contributed by atoms with Gasteiger partial charge in [0.05, 0.1) is 0 Å². The Balaban J connectivity index is 2.60. The smallest absolute Gasteiger partial charge is 0.138 e. The van der Waals surface area contributed by atoms with E-state index in [1.54, 1.807) is 30.3 Å². The summed E-state index contributed by atoms with van der Waals surface area (Å²) in [7, 11) is 0. The second kappa shape index (κ2) is 4.17. The Labute approximate surface area is 96.5 Å². The first-order chi connectivity index (χ1) is 7.18. The summed E-state index contributed by atoms with van der Waals surface area (Å²) in [6, 6.07) is 9.61. The maximum atomic E-state index is 13.4. The molecule has 0 radical (unpaired) electrons. The minimum atomic E-state index is -0.330. The zero-order chi connectivity index (χ0) is 10.8. The fourth-order valence-electron chi connectivity index (χ4n) is 1.29. The molecular weight excluding hydrogens is 236 g/mol. The van der Waals surface area contributed by atoms with E-state index in [0.29, 0.717) is 16.3 Å². The fourth-order valence-corrected chi connectivity index (χ4v) is 1.74. The van der Waals surface area contributed by atoms with Crippen molar-refractivity contribution in [3.63, 3.8) is 0 Å². The van der Waals surface area contributed by atoms with Gasteiger partial charge in [-0.05, 0) is 18.2 Å². The SMILES string of the molecule is Fc1ccccc1-c1ccc(Cl)nc1Cl. The number of aromatic nitrogens is 1. The second-order valence-corrected chi connectivity index (χ2v) is 3.70. The molecule has 1 aromatic heterocycles. The van der Waals surface area contributed by atoms with Crippen LogP contribution < -0.4 is 0 Å². The van der Waals surface area contributed by atoms with E-state index in [-0.39, 0.29) is 11.0 Å². The fraction of sp³-hybridized carbons (Fsp3) is 0. The number of benzene rings is 1. The summed E-state index contributed by atoms with van der Waals surface area (Å²) >= 11 is 11.5. The summed E-state index contributed by atoms with van der Waals surface area (Å²) in [4.78, 5) is 3.86. The normalized spacial score (nSPS) is 10.3. The van der Waals surface area contributed by atoms with Crippen LogP contribution in [0.5, 0.6) is 0 Å². The van der Waals surface area contributed by atoms with Gasteiger partial charge in [0.15, 0.2) is 0 Å². The molecule has 0 N–H and O–H groups in total. The second-order valence-electron chi connectivity index (χ2n) is 2.95. The van der Waals surface area contributed by atoms with E-state index >= 15 is 0 Å². The molecule has 76 valence electrons. The Hall–Kier alpha value is -1.12. The monoisotopic (exact) mass is 241 g/mol. The molecule has 0 bridgehead atoms. The minimum absolute atomic E-state index is 0.201. The largest absolute Gasteiger partial charge is 0.224 e. The Morgan fingerprint density at radius 1 is 0.933 bits per heavy atom. The van der Waals surface area contributed by atoms with Crippen molar-refractivity contribution < 1.29 is 4.39 Å². The van der Waals surface area contributed by atoms with E-state index in [4.69, 9.17) is 23.2 Å². The Morgan fingerprint density at radius 2 is 1.67 bits per heavy atom. The van der Waals surface area contributed by atoms with E-state index in [2.05, 4.69) is 4.98 Å². The van der Waals surface area contributed by atoms with Gasteiger partial charge in [-0.2, -0.15) is 0 Å². The molecule has 15 heavy (non-hydrogen) atoms. The zero-order valence-corrected chi connectivity index (χ0v) is 9.06. The van der Waals surface area contributed by atoms with Crippen molar-refractivity contribution in [3.8, 4) is 11.1 Å². The molecule has 2 rings (SSSR count). The molecule has 0 spiro atoms. The summed E-state index contributed by atoms with van der Waals surface area (Å²) in [5.74, 6) is -0.330. The summed E-state index contributed by atoms with van der Waals surface area (Å²) < 4.78 is 13.4. The molecule has 1 heterocycles. The number of hydrogen-bond acceptors (Lipinski definition) is 1. The Bertz CT molecular complexity index is 500. The summed E-state index contributed by atoms with van der Waals surface area (Å²) in [5, 5.41) is 0.493. The maximum Gasteiger partial charge on any atom is 0.138 e. The van der Waals surface area contributed by atoms with Crippen molar-refractivity contribution in [2.45, 2.75) is 0 Å². The van der Waals surface area contributed by atoms with Crippen LogP contribution in [0.4, 0.5) is 4.39 Å². The van der Waals surface area contributed by atoms with Crippen LogP contribution in [-0.4, -0.2) is 4.98 Å².